The largest absolute Gasteiger partial charge is 0.485 e. The fraction of sp³-hybridized carbons (Fsp3) is 0.250. The van der Waals surface area contributed by atoms with E-state index in [0.717, 1.165) is 16.1 Å². The van der Waals surface area contributed by atoms with Gasteiger partial charge in [0.15, 0.2) is 9.84 Å². The molecule has 0 bridgehead atoms. The number of aromatic nitrogens is 2. The third-order valence-electron chi connectivity index (χ3n) is 5.40. The number of carbonyl (C=O) groups is 1. The van der Waals surface area contributed by atoms with Gasteiger partial charge in [-0.25, -0.2) is 13.4 Å². The van der Waals surface area contributed by atoms with Crippen LogP contribution in [-0.4, -0.2) is 29.5 Å². The molecule has 34 heavy (non-hydrogen) atoms. The number of ether oxygens (including phenoxy) is 1. The number of nitrogens with zero attached hydrogens (tertiary/aromatic N) is 2. The summed E-state index contributed by atoms with van der Waals surface area (Å²) in [5.41, 5.74) is 8.44. The fourth-order valence-corrected chi connectivity index (χ4v) is 5.91. The first-order chi connectivity index (χ1) is 16.2. The Hall–Kier alpha value is -2.88. The van der Waals surface area contributed by atoms with Crippen LogP contribution >= 0.6 is 22.9 Å². The summed E-state index contributed by atoms with van der Waals surface area (Å²) in [5.74, 6) is 0.116. The Labute approximate surface area is 207 Å². The summed E-state index contributed by atoms with van der Waals surface area (Å²) in [7, 11) is -3.17. The average molecular weight is 518 g/mol. The molecule has 1 aromatic carbocycles. The number of thiophene rings is 1. The Morgan fingerprint density at radius 3 is 2.74 bits per heavy atom. The van der Waals surface area contributed by atoms with Gasteiger partial charge in [-0.15, -0.1) is 11.3 Å². The minimum Gasteiger partial charge on any atom is -0.485 e. The molecule has 1 atom stereocenters. The Kier molecular flexibility index (Phi) is 6.97. The molecule has 10 heteroatoms. The quantitative estimate of drug-likeness (QED) is 0.343. The minimum atomic E-state index is -3.17. The van der Waals surface area contributed by atoms with Crippen LogP contribution < -0.4 is 10.5 Å². The third kappa shape index (κ3) is 5.27. The first-order valence-electron chi connectivity index (χ1n) is 10.7. The molecule has 7 nitrogen and oxygen atoms in total. The molecular weight excluding hydrogens is 494 g/mol. The number of benzene rings is 1. The number of amides is 1. The molecule has 0 saturated heterocycles. The first kappa shape index (κ1) is 24.3. The molecule has 0 aliphatic carbocycles. The van der Waals surface area contributed by atoms with Crippen LogP contribution in [0.1, 0.15) is 36.0 Å². The topological polar surface area (TPSA) is 104 Å². The van der Waals surface area contributed by atoms with Gasteiger partial charge in [-0.05, 0) is 24.6 Å². The van der Waals surface area contributed by atoms with Crippen molar-refractivity contribution in [3.63, 3.8) is 0 Å². The van der Waals surface area contributed by atoms with Gasteiger partial charge in [0, 0.05) is 28.6 Å². The van der Waals surface area contributed by atoms with Crippen molar-refractivity contribution < 1.29 is 17.9 Å². The molecule has 0 aliphatic rings. The predicted molar refractivity (Wildman–Crippen MR) is 135 cm³/mol. The SMILES string of the molecule is CCS(=O)(=O)Cc1ccc2ncc(-c3cc(O[C@H](C)c4ccccc4Cl)c(CC(N)=O)s3)n2c1. The Morgan fingerprint density at radius 1 is 1.26 bits per heavy atom. The van der Waals surface area contributed by atoms with E-state index in [1.54, 1.807) is 37.5 Å². The Morgan fingerprint density at radius 2 is 2.03 bits per heavy atom. The van der Waals surface area contributed by atoms with E-state index in [1.807, 2.05) is 35.6 Å². The van der Waals surface area contributed by atoms with E-state index in [1.165, 1.54) is 11.3 Å². The first-order valence-corrected chi connectivity index (χ1v) is 13.7. The molecule has 3 heterocycles. The molecule has 0 saturated carbocycles. The lowest BCUT2D eigenvalue weighted by atomic mass is 10.1. The van der Waals surface area contributed by atoms with Crippen LogP contribution in [0.2, 0.25) is 5.02 Å². The third-order valence-corrected chi connectivity index (χ3v) is 8.53. The van der Waals surface area contributed by atoms with Crippen molar-refractivity contribution in [1.82, 2.24) is 9.38 Å². The van der Waals surface area contributed by atoms with Crippen LogP contribution in [0.4, 0.5) is 0 Å². The maximum Gasteiger partial charge on any atom is 0.222 e. The molecule has 0 unspecified atom stereocenters. The van der Waals surface area contributed by atoms with E-state index in [-0.39, 0.29) is 24.0 Å². The maximum absolute atomic E-state index is 12.1. The van der Waals surface area contributed by atoms with Crippen molar-refractivity contribution >= 4 is 44.3 Å². The van der Waals surface area contributed by atoms with E-state index in [2.05, 4.69) is 4.98 Å². The monoisotopic (exact) mass is 517 g/mol. The molecule has 4 aromatic rings. The molecule has 178 valence electrons. The molecule has 0 spiro atoms. The summed E-state index contributed by atoms with van der Waals surface area (Å²) < 4.78 is 32.3. The molecule has 3 aromatic heterocycles. The zero-order chi connectivity index (χ0) is 24.5. The highest BCUT2D eigenvalue weighted by molar-refractivity contribution is 7.90. The van der Waals surface area contributed by atoms with E-state index in [4.69, 9.17) is 22.1 Å². The van der Waals surface area contributed by atoms with Crippen molar-refractivity contribution in [2.75, 3.05) is 5.75 Å². The lowest BCUT2D eigenvalue weighted by Gasteiger charge is -2.16. The number of nitrogens with two attached hydrogens (primary N) is 1. The van der Waals surface area contributed by atoms with Gasteiger partial charge in [0.25, 0.3) is 0 Å². The summed E-state index contributed by atoms with van der Waals surface area (Å²) in [5, 5.41) is 0.596. The van der Waals surface area contributed by atoms with Gasteiger partial charge >= 0.3 is 0 Å². The van der Waals surface area contributed by atoms with Crippen molar-refractivity contribution in [1.29, 1.82) is 0 Å². The van der Waals surface area contributed by atoms with E-state index in [9.17, 15) is 13.2 Å². The van der Waals surface area contributed by atoms with Crippen molar-refractivity contribution in [3.8, 4) is 16.3 Å². The fourth-order valence-electron chi connectivity index (χ4n) is 3.63. The molecular formula is C24H24ClN3O4S2. The second-order valence-electron chi connectivity index (χ2n) is 7.91. The number of primary amides is 1. The smallest absolute Gasteiger partial charge is 0.222 e. The van der Waals surface area contributed by atoms with Gasteiger partial charge in [-0.2, -0.15) is 0 Å². The molecule has 0 fully saturated rings. The highest BCUT2D eigenvalue weighted by Gasteiger charge is 2.20. The summed E-state index contributed by atoms with van der Waals surface area (Å²) >= 11 is 7.71. The number of fused-ring (bicyclic) bond motifs is 1. The van der Waals surface area contributed by atoms with Crippen molar-refractivity contribution in [3.05, 3.63) is 75.9 Å². The number of rotatable bonds is 9. The van der Waals surface area contributed by atoms with Crippen LogP contribution in [0.3, 0.4) is 0 Å². The van der Waals surface area contributed by atoms with Gasteiger partial charge in [-0.1, -0.05) is 42.8 Å². The second kappa shape index (κ2) is 9.77. The lowest BCUT2D eigenvalue weighted by molar-refractivity contribution is -0.117. The number of hydrogen-bond donors (Lipinski definition) is 1. The van der Waals surface area contributed by atoms with Gasteiger partial charge in [0.05, 0.1) is 33.8 Å². The highest BCUT2D eigenvalue weighted by atomic mass is 35.5. The Bertz CT molecular complexity index is 1460. The summed E-state index contributed by atoms with van der Waals surface area (Å²) in [4.78, 5) is 17.7. The Balaban J connectivity index is 1.72. The second-order valence-corrected chi connectivity index (χ2v) is 11.8. The van der Waals surface area contributed by atoms with Crippen LogP contribution in [0.15, 0.2) is 54.9 Å². The maximum atomic E-state index is 12.1. The molecule has 4 rings (SSSR count). The molecule has 1 amide bonds. The van der Waals surface area contributed by atoms with Gasteiger partial charge in [0.1, 0.15) is 17.5 Å². The van der Waals surface area contributed by atoms with E-state index < -0.39 is 15.7 Å². The lowest BCUT2D eigenvalue weighted by Crippen LogP contribution is -2.13. The molecule has 0 radical (unpaired) electrons. The molecule has 0 aliphatic heterocycles. The van der Waals surface area contributed by atoms with Gasteiger partial charge in [0.2, 0.25) is 5.91 Å². The zero-order valence-electron chi connectivity index (χ0n) is 18.7. The van der Waals surface area contributed by atoms with Crippen molar-refractivity contribution in [2.24, 2.45) is 5.73 Å². The number of carbonyl (C=O) groups excluding carboxylic acids is 1. The summed E-state index contributed by atoms with van der Waals surface area (Å²) in [6, 6.07) is 12.9. The van der Waals surface area contributed by atoms with Crippen LogP contribution in [0.5, 0.6) is 5.75 Å². The number of halogens is 1. The minimum absolute atomic E-state index is 0.0337. The zero-order valence-corrected chi connectivity index (χ0v) is 21.1. The highest BCUT2D eigenvalue weighted by Crippen LogP contribution is 2.39. The van der Waals surface area contributed by atoms with Crippen LogP contribution in [0, 0.1) is 0 Å². The standard InChI is InChI=1S/C24H24ClN3O4S2/c1-3-34(30,31)14-16-8-9-24-27-12-19(28(24)13-16)21-10-20(22(33-21)11-23(26)29)32-15(2)17-6-4-5-7-18(17)25/h4-10,12-13,15H,3,11,14H2,1-2H3,(H2,26,29)/t15-/m1/s1. The predicted octanol–water partition coefficient (Wildman–Crippen LogP) is 4.82. The van der Waals surface area contributed by atoms with Crippen LogP contribution in [0.25, 0.3) is 16.2 Å². The number of hydrogen-bond acceptors (Lipinski definition) is 6. The van der Waals surface area contributed by atoms with Crippen LogP contribution in [-0.2, 0) is 26.8 Å². The summed E-state index contributed by atoms with van der Waals surface area (Å²) in [6.45, 7) is 3.52. The molecule has 2 N–H and O–H groups in total. The number of pyridine rings is 1. The van der Waals surface area contributed by atoms with Gasteiger partial charge < -0.3 is 10.5 Å². The van der Waals surface area contributed by atoms with Crippen molar-refractivity contribution in [2.45, 2.75) is 32.1 Å². The normalized spacial score (nSPS) is 12.7. The van der Waals surface area contributed by atoms with E-state index in [0.29, 0.717) is 26.9 Å². The van der Waals surface area contributed by atoms with E-state index >= 15 is 0 Å². The van der Waals surface area contributed by atoms with Gasteiger partial charge in [-0.3, -0.25) is 9.20 Å². The number of sulfone groups is 1. The summed E-state index contributed by atoms with van der Waals surface area (Å²) in [6.07, 6.45) is 3.18. The average Bonchev–Trinajstić information content (AvgIpc) is 3.37. The number of imidazole rings is 1.